The predicted octanol–water partition coefficient (Wildman–Crippen LogP) is -0.793. The van der Waals surface area contributed by atoms with Gasteiger partial charge in [-0.3, -0.25) is 9.89 Å². The van der Waals surface area contributed by atoms with Crippen molar-refractivity contribution in [1.82, 2.24) is 9.80 Å². The van der Waals surface area contributed by atoms with Crippen molar-refractivity contribution in [2.75, 3.05) is 32.8 Å². The first-order valence-electron chi connectivity index (χ1n) is 6.92. The Hall–Kier alpha value is -1.62. The molecule has 0 saturated carbocycles. The number of nitrogens with two attached hydrogens (primary N) is 1. The summed E-state index contributed by atoms with van der Waals surface area (Å²) in [6.45, 7) is 3.13. The van der Waals surface area contributed by atoms with E-state index in [2.05, 4.69) is 11.1 Å². The Bertz CT molecular complexity index is 491. The molecule has 2 unspecified atom stereocenters. The number of allylic oxidation sites excluding steroid dienone is 1. The molecule has 3 N–H and O–H groups in total. The molecule has 0 radical (unpaired) electrons. The molecule has 0 aromatic rings. The molecule has 0 bridgehead atoms. The number of rotatable bonds is 2. The van der Waals surface area contributed by atoms with Gasteiger partial charge in [-0.2, -0.15) is 5.26 Å². The summed E-state index contributed by atoms with van der Waals surface area (Å²) >= 11 is 0. The zero-order chi connectivity index (χ0) is 14.2. The van der Waals surface area contributed by atoms with Crippen molar-refractivity contribution >= 4 is 6.34 Å². The summed E-state index contributed by atoms with van der Waals surface area (Å²) in [5, 5.41) is 20.8. The van der Waals surface area contributed by atoms with Crippen molar-refractivity contribution in [2.45, 2.75) is 24.7 Å². The first-order chi connectivity index (χ1) is 9.73. The Morgan fingerprint density at radius 1 is 1.45 bits per heavy atom. The highest BCUT2D eigenvalue weighted by atomic mass is 16.5. The van der Waals surface area contributed by atoms with Crippen LogP contribution in [0.1, 0.15) is 12.8 Å². The Labute approximate surface area is 117 Å². The first kappa shape index (κ1) is 13.4. The van der Waals surface area contributed by atoms with Gasteiger partial charge in [0.2, 0.25) is 5.85 Å². The summed E-state index contributed by atoms with van der Waals surface area (Å²) in [4.78, 5) is 8.06. The number of morpholine rings is 1. The van der Waals surface area contributed by atoms with Crippen LogP contribution in [0.2, 0.25) is 0 Å². The van der Waals surface area contributed by atoms with Gasteiger partial charge in [-0.1, -0.05) is 0 Å². The van der Waals surface area contributed by atoms with E-state index in [1.165, 1.54) is 6.34 Å². The quantitative estimate of drug-likeness (QED) is 0.507. The van der Waals surface area contributed by atoms with Gasteiger partial charge in [0.05, 0.1) is 31.2 Å². The molecule has 2 atom stereocenters. The zero-order valence-corrected chi connectivity index (χ0v) is 11.3. The summed E-state index contributed by atoms with van der Waals surface area (Å²) in [6, 6.07) is 1.58. The van der Waals surface area contributed by atoms with Crippen molar-refractivity contribution in [3.05, 3.63) is 11.3 Å². The molecule has 2 saturated heterocycles. The maximum Gasteiger partial charge on any atom is 0.226 e. The molecule has 0 aromatic carbocycles. The highest BCUT2D eigenvalue weighted by Crippen LogP contribution is 2.44. The van der Waals surface area contributed by atoms with Gasteiger partial charge < -0.3 is 20.5 Å². The summed E-state index contributed by atoms with van der Waals surface area (Å²) < 4.78 is 5.35. The predicted molar refractivity (Wildman–Crippen MR) is 72.4 cm³/mol. The van der Waals surface area contributed by atoms with E-state index >= 15 is 0 Å². The summed E-state index contributed by atoms with van der Waals surface area (Å²) in [6.07, 6.45) is 2.94. The van der Waals surface area contributed by atoms with E-state index in [9.17, 15) is 10.4 Å². The Morgan fingerprint density at radius 2 is 2.20 bits per heavy atom. The third-order valence-electron chi connectivity index (χ3n) is 4.30. The van der Waals surface area contributed by atoms with E-state index in [4.69, 9.17) is 10.5 Å². The lowest BCUT2D eigenvalue weighted by Gasteiger charge is -2.46. The van der Waals surface area contributed by atoms with Crippen LogP contribution in [0.25, 0.3) is 0 Å². The number of ether oxygens (including phenoxy) is 1. The van der Waals surface area contributed by atoms with Crippen molar-refractivity contribution in [3.63, 3.8) is 0 Å². The molecule has 7 nitrogen and oxygen atoms in total. The number of nitriles is 1. The highest BCUT2D eigenvalue weighted by molar-refractivity contribution is 5.55. The molecule has 3 aliphatic heterocycles. The van der Waals surface area contributed by atoms with E-state index in [-0.39, 0.29) is 0 Å². The van der Waals surface area contributed by atoms with Crippen molar-refractivity contribution < 1.29 is 9.84 Å². The molecule has 3 aliphatic rings. The Kier molecular flexibility index (Phi) is 3.38. The normalized spacial score (nSPS) is 34.8. The number of fused-ring (bicyclic) bond motifs is 1. The first-order valence-corrected chi connectivity index (χ1v) is 6.92. The molecule has 20 heavy (non-hydrogen) atoms. The van der Waals surface area contributed by atoms with Crippen LogP contribution < -0.4 is 5.73 Å². The van der Waals surface area contributed by atoms with Gasteiger partial charge in [0.1, 0.15) is 0 Å². The second-order valence-electron chi connectivity index (χ2n) is 5.21. The monoisotopic (exact) mass is 277 g/mol. The number of hydrogen-bond acceptors (Lipinski definition) is 6. The molecule has 0 aromatic heterocycles. The standard InChI is InChI=1S/C13H19N5O2/c14-8-10-11-2-1-3-18(11)13(19,12(10)16-9-15)17-4-6-20-7-5-17/h9,12,19H,1-7H2,(H2,15,16). The SMILES string of the molecule is N#CC1=C2CCCN2C(O)(N2CCOCC2)C1N=CN. The molecule has 2 fully saturated rings. The topological polar surface area (TPSA) is 98.1 Å². The van der Waals surface area contributed by atoms with Crippen LogP contribution in [0.3, 0.4) is 0 Å². The highest BCUT2D eigenvalue weighted by Gasteiger charge is 2.57. The lowest BCUT2D eigenvalue weighted by atomic mass is 10.0. The molecular formula is C13H19N5O2. The molecule has 0 spiro atoms. The Morgan fingerprint density at radius 3 is 2.85 bits per heavy atom. The van der Waals surface area contributed by atoms with E-state index in [0.717, 1.165) is 25.1 Å². The van der Waals surface area contributed by atoms with Gasteiger partial charge in [0, 0.05) is 25.3 Å². The maximum atomic E-state index is 11.3. The van der Waals surface area contributed by atoms with E-state index in [1.807, 2.05) is 9.80 Å². The van der Waals surface area contributed by atoms with Gasteiger partial charge >= 0.3 is 0 Å². The number of aliphatic hydroxyl groups is 1. The molecule has 108 valence electrons. The summed E-state index contributed by atoms with van der Waals surface area (Å²) in [5.74, 6) is -1.28. The van der Waals surface area contributed by atoms with Gasteiger partial charge in [-0.25, -0.2) is 0 Å². The molecule has 0 amide bonds. The molecular weight excluding hydrogens is 258 g/mol. The molecule has 3 rings (SSSR count). The second-order valence-corrected chi connectivity index (χ2v) is 5.21. The Balaban J connectivity index is 2.02. The van der Waals surface area contributed by atoms with Crippen LogP contribution in [-0.4, -0.2) is 66.0 Å². The van der Waals surface area contributed by atoms with Crippen molar-refractivity contribution in [1.29, 1.82) is 5.26 Å². The molecule has 3 heterocycles. The van der Waals surface area contributed by atoms with Gasteiger partial charge in [-0.05, 0) is 12.8 Å². The minimum atomic E-state index is -1.28. The molecule has 7 heteroatoms. The smallest absolute Gasteiger partial charge is 0.226 e. The fourth-order valence-corrected chi connectivity index (χ4v) is 3.44. The maximum absolute atomic E-state index is 11.3. The molecule has 0 aliphatic carbocycles. The number of nitrogens with zero attached hydrogens (tertiary/aromatic N) is 4. The minimum absolute atomic E-state index is 0.540. The van der Waals surface area contributed by atoms with Crippen LogP contribution in [0.5, 0.6) is 0 Å². The summed E-state index contributed by atoms with van der Waals surface area (Å²) in [7, 11) is 0. The van der Waals surface area contributed by atoms with E-state index in [0.29, 0.717) is 31.9 Å². The third-order valence-corrected chi connectivity index (χ3v) is 4.30. The van der Waals surface area contributed by atoms with Crippen molar-refractivity contribution in [2.24, 2.45) is 10.7 Å². The van der Waals surface area contributed by atoms with Crippen LogP contribution >= 0.6 is 0 Å². The fraction of sp³-hybridized carbons (Fsp3) is 0.692. The lowest BCUT2D eigenvalue weighted by molar-refractivity contribution is -0.214. The van der Waals surface area contributed by atoms with Crippen LogP contribution in [-0.2, 0) is 4.74 Å². The number of aliphatic imine (C=N–C) groups is 1. The van der Waals surface area contributed by atoms with Gasteiger partial charge in [0.25, 0.3) is 0 Å². The van der Waals surface area contributed by atoms with Crippen LogP contribution in [0.4, 0.5) is 0 Å². The fourth-order valence-electron chi connectivity index (χ4n) is 3.44. The average molecular weight is 277 g/mol. The third kappa shape index (κ3) is 1.73. The van der Waals surface area contributed by atoms with Crippen molar-refractivity contribution in [3.8, 4) is 6.07 Å². The van der Waals surface area contributed by atoms with Crippen LogP contribution in [0, 0.1) is 11.3 Å². The van der Waals surface area contributed by atoms with Crippen LogP contribution in [0.15, 0.2) is 16.3 Å². The summed E-state index contributed by atoms with van der Waals surface area (Å²) in [5.41, 5.74) is 6.88. The van der Waals surface area contributed by atoms with E-state index in [1.54, 1.807) is 0 Å². The van der Waals surface area contributed by atoms with E-state index < -0.39 is 11.9 Å². The average Bonchev–Trinajstić information content (AvgIpc) is 3.04. The number of hydrogen-bond donors (Lipinski definition) is 2. The minimum Gasteiger partial charge on any atom is -0.390 e. The van der Waals surface area contributed by atoms with Gasteiger partial charge in [-0.15, -0.1) is 0 Å². The zero-order valence-electron chi connectivity index (χ0n) is 11.3. The second kappa shape index (κ2) is 5.05. The lowest BCUT2D eigenvalue weighted by Crippen LogP contribution is -2.65. The van der Waals surface area contributed by atoms with Gasteiger partial charge in [0.15, 0.2) is 6.04 Å². The largest absolute Gasteiger partial charge is 0.390 e.